The Kier molecular flexibility index (Phi) is 6.30. The molecule has 1 aliphatic carbocycles. The molecule has 0 N–H and O–H groups in total. The molecule has 2 unspecified atom stereocenters. The zero-order valence-corrected chi connectivity index (χ0v) is 24.3. The van der Waals surface area contributed by atoms with Gasteiger partial charge in [0.25, 0.3) is 0 Å². The van der Waals surface area contributed by atoms with Crippen LogP contribution in [0.3, 0.4) is 0 Å². The van der Waals surface area contributed by atoms with E-state index in [0.717, 1.165) is 17.8 Å². The van der Waals surface area contributed by atoms with Crippen LogP contribution in [0.1, 0.15) is 35.4 Å². The van der Waals surface area contributed by atoms with Gasteiger partial charge in [0.05, 0.1) is 0 Å². The van der Waals surface area contributed by atoms with Gasteiger partial charge in [0.15, 0.2) is 0 Å². The van der Waals surface area contributed by atoms with Crippen LogP contribution in [0.5, 0.6) is 0 Å². The van der Waals surface area contributed by atoms with E-state index < -0.39 is 0 Å². The minimum Gasteiger partial charge on any atom is -0.310 e. The predicted octanol–water partition coefficient (Wildman–Crippen LogP) is 11.6. The number of anilines is 3. The van der Waals surface area contributed by atoms with E-state index in [-0.39, 0.29) is 0 Å². The predicted molar refractivity (Wildman–Crippen MR) is 183 cm³/mol. The molecule has 7 aromatic rings. The molecule has 0 radical (unpaired) electrons. The van der Waals surface area contributed by atoms with Gasteiger partial charge in [-0.15, -0.1) is 0 Å². The van der Waals surface area contributed by atoms with Gasteiger partial charge in [-0.3, -0.25) is 0 Å². The van der Waals surface area contributed by atoms with Gasteiger partial charge < -0.3 is 4.90 Å². The normalized spacial score (nSPS) is 15.9. The van der Waals surface area contributed by atoms with Crippen molar-refractivity contribution in [3.05, 3.63) is 174 Å². The fourth-order valence-electron chi connectivity index (χ4n) is 7.18. The van der Waals surface area contributed by atoms with E-state index in [1.54, 1.807) is 0 Å². The molecule has 1 aliphatic rings. The van der Waals surface area contributed by atoms with Crippen molar-refractivity contribution in [1.82, 2.24) is 0 Å². The number of fused-ring (bicyclic) bond motifs is 6. The first-order valence-electron chi connectivity index (χ1n) is 15.3. The fraction of sp³-hybridized carbons (Fsp3) is 0.0952. The Hall–Kier alpha value is -5.14. The molecule has 8 rings (SSSR count). The molecule has 206 valence electrons. The number of hydrogen-bond donors (Lipinski definition) is 0. The van der Waals surface area contributed by atoms with Gasteiger partial charge in [-0.2, -0.15) is 0 Å². The van der Waals surface area contributed by atoms with Gasteiger partial charge >= 0.3 is 0 Å². The summed E-state index contributed by atoms with van der Waals surface area (Å²) in [5.74, 6) is 0.797. The molecular formula is C42H33N. The molecule has 0 bridgehead atoms. The Morgan fingerprint density at radius 1 is 0.488 bits per heavy atom. The van der Waals surface area contributed by atoms with E-state index in [0.29, 0.717) is 11.8 Å². The molecule has 0 spiro atoms. The van der Waals surface area contributed by atoms with Crippen LogP contribution in [-0.2, 0) is 6.42 Å². The van der Waals surface area contributed by atoms with E-state index in [1.807, 2.05) is 0 Å². The lowest BCUT2D eigenvalue weighted by molar-refractivity contribution is 0.581. The van der Waals surface area contributed by atoms with Gasteiger partial charge in [-0.25, -0.2) is 0 Å². The maximum Gasteiger partial charge on any atom is 0.0468 e. The number of para-hydroxylation sites is 1. The highest BCUT2D eigenvalue weighted by Gasteiger charge is 2.29. The van der Waals surface area contributed by atoms with E-state index >= 15 is 0 Å². The van der Waals surface area contributed by atoms with Gasteiger partial charge in [0, 0.05) is 17.1 Å². The summed E-state index contributed by atoms with van der Waals surface area (Å²) >= 11 is 0. The first-order chi connectivity index (χ1) is 21.2. The van der Waals surface area contributed by atoms with Crippen LogP contribution in [0, 0.1) is 0 Å². The molecule has 0 aromatic heterocycles. The molecule has 0 fully saturated rings. The number of benzene rings is 7. The Morgan fingerprint density at radius 2 is 1.12 bits per heavy atom. The van der Waals surface area contributed by atoms with Crippen molar-refractivity contribution in [3.8, 4) is 11.1 Å². The first-order valence-corrected chi connectivity index (χ1v) is 15.3. The summed E-state index contributed by atoms with van der Waals surface area (Å²) in [7, 11) is 0. The number of rotatable bonds is 4. The Bertz CT molecular complexity index is 2080. The molecule has 1 heteroatoms. The third-order valence-electron chi connectivity index (χ3n) is 9.38. The molecule has 0 saturated heterocycles. The van der Waals surface area contributed by atoms with Crippen LogP contribution in [0.4, 0.5) is 17.1 Å². The van der Waals surface area contributed by atoms with Crippen LogP contribution in [-0.4, -0.2) is 0 Å². The average Bonchev–Trinajstić information content (AvgIpc) is 3.20. The third kappa shape index (κ3) is 4.49. The Morgan fingerprint density at radius 3 is 1.93 bits per heavy atom. The lowest BCUT2D eigenvalue weighted by Crippen LogP contribution is -2.11. The number of hydrogen-bond acceptors (Lipinski definition) is 1. The SMILES string of the molecule is CC1c2ccccc2-c2ccc3ccc(N(c4ccccc4)c4ccc5ccccc5c4)cc3c2CC1c1ccccc1. The van der Waals surface area contributed by atoms with Crippen LogP contribution in [0.2, 0.25) is 0 Å². The maximum absolute atomic E-state index is 2.43. The van der Waals surface area contributed by atoms with Crippen LogP contribution >= 0.6 is 0 Å². The van der Waals surface area contributed by atoms with Crippen molar-refractivity contribution in [2.24, 2.45) is 0 Å². The summed E-state index contributed by atoms with van der Waals surface area (Å²) in [6.45, 7) is 2.41. The summed E-state index contributed by atoms with van der Waals surface area (Å²) in [6.07, 6.45) is 0.997. The van der Waals surface area contributed by atoms with Crippen LogP contribution in [0.25, 0.3) is 32.7 Å². The van der Waals surface area contributed by atoms with Gasteiger partial charge in [0.1, 0.15) is 0 Å². The van der Waals surface area contributed by atoms with Crippen molar-refractivity contribution in [3.63, 3.8) is 0 Å². The van der Waals surface area contributed by atoms with Crippen LogP contribution in [0.15, 0.2) is 158 Å². The smallest absolute Gasteiger partial charge is 0.0468 e. The maximum atomic E-state index is 2.43. The monoisotopic (exact) mass is 551 g/mol. The lowest BCUT2D eigenvalue weighted by Gasteiger charge is -2.27. The Balaban J connectivity index is 1.35. The second-order valence-corrected chi connectivity index (χ2v) is 11.8. The van der Waals surface area contributed by atoms with Crippen molar-refractivity contribution in [2.45, 2.75) is 25.2 Å². The second-order valence-electron chi connectivity index (χ2n) is 11.8. The van der Waals surface area contributed by atoms with E-state index in [4.69, 9.17) is 0 Å². The zero-order chi connectivity index (χ0) is 28.8. The molecule has 2 atom stereocenters. The summed E-state index contributed by atoms with van der Waals surface area (Å²) in [6, 6.07) is 57.9. The third-order valence-corrected chi connectivity index (χ3v) is 9.38. The lowest BCUT2D eigenvalue weighted by atomic mass is 9.80. The summed E-state index contributed by atoms with van der Waals surface area (Å²) < 4.78 is 0. The van der Waals surface area contributed by atoms with E-state index in [1.165, 1.54) is 55.0 Å². The molecular weight excluding hydrogens is 518 g/mol. The fourth-order valence-corrected chi connectivity index (χ4v) is 7.18. The minimum absolute atomic E-state index is 0.392. The van der Waals surface area contributed by atoms with Crippen molar-refractivity contribution < 1.29 is 0 Å². The number of nitrogens with zero attached hydrogens (tertiary/aromatic N) is 1. The molecule has 43 heavy (non-hydrogen) atoms. The molecule has 1 nitrogen and oxygen atoms in total. The van der Waals surface area contributed by atoms with Crippen LogP contribution < -0.4 is 4.90 Å². The zero-order valence-electron chi connectivity index (χ0n) is 24.3. The van der Waals surface area contributed by atoms with Crippen molar-refractivity contribution in [1.29, 1.82) is 0 Å². The topological polar surface area (TPSA) is 3.24 Å². The summed E-state index contributed by atoms with van der Waals surface area (Å²) in [5, 5.41) is 5.11. The second kappa shape index (κ2) is 10.6. The largest absolute Gasteiger partial charge is 0.310 e. The molecule has 0 heterocycles. The quantitative estimate of drug-likeness (QED) is 0.210. The van der Waals surface area contributed by atoms with Crippen molar-refractivity contribution in [2.75, 3.05) is 4.90 Å². The summed E-state index contributed by atoms with van der Waals surface area (Å²) in [5.41, 5.74) is 10.5. The van der Waals surface area contributed by atoms with E-state index in [9.17, 15) is 0 Å². The van der Waals surface area contributed by atoms with E-state index in [2.05, 4.69) is 170 Å². The highest BCUT2D eigenvalue weighted by atomic mass is 15.1. The molecule has 0 aliphatic heterocycles. The standard InChI is InChI=1S/C42H33N/c1-29-37-18-10-11-19-38(37)39-25-22-32-21-24-36(27-41(32)42(39)28-40(29)31-13-4-2-5-14-31)43(34-16-6-3-7-17-34)35-23-20-30-12-8-9-15-33(30)26-35/h2-27,29,40H,28H2,1H3. The average molecular weight is 552 g/mol. The highest BCUT2D eigenvalue weighted by Crippen LogP contribution is 2.47. The minimum atomic E-state index is 0.392. The van der Waals surface area contributed by atoms with Gasteiger partial charge in [0.2, 0.25) is 0 Å². The molecule has 0 amide bonds. The van der Waals surface area contributed by atoms with Gasteiger partial charge in [-0.1, -0.05) is 128 Å². The van der Waals surface area contributed by atoms with Gasteiger partial charge in [-0.05, 0) is 104 Å². The van der Waals surface area contributed by atoms with Crippen molar-refractivity contribution >= 4 is 38.6 Å². The molecule has 7 aromatic carbocycles. The first kappa shape index (κ1) is 25.6. The molecule has 0 saturated carbocycles. The highest BCUT2D eigenvalue weighted by molar-refractivity contribution is 5.97. The summed E-state index contributed by atoms with van der Waals surface area (Å²) in [4.78, 5) is 2.40. The Labute approximate surface area is 253 Å².